The summed E-state index contributed by atoms with van der Waals surface area (Å²) in [6.07, 6.45) is 3.47. The second kappa shape index (κ2) is 8.34. The van der Waals surface area contributed by atoms with E-state index in [1.54, 1.807) is 12.4 Å². The lowest BCUT2D eigenvalue weighted by Gasteiger charge is -2.43. The van der Waals surface area contributed by atoms with Gasteiger partial charge in [-0.15, -0.1) is 0 Å². The van der Waals surface area contributed by atoms with E-state index in [0.717, 1.165) is 36.7 Å². The van der Waals surface area contributed by atoms with Crippen molar-refractivity contribution < 1.29 is 4.39 Å². The summed E-state index contributed by atoms with van der Waals surface area (Å²) in [5.74, 6) is -0.509. The molecule has 164 valence electrons. The van der Waals surface area contributed by atoms with Crippen molar-refractivity contribution >= 4 is 28.0 Å². The van der Waals surface area contributed by atoms with Gasteiger partial charge < -0.3 is 20.5 Å². The highest BCUT2D eigenvalue weighted by molar-refractivity contribution is 6.09. The highest BCUT2D eigenvalue weighted by Crippen LogP contribution is 2.34. The summed E-state index contributed by atoms with van der Waals surface area (Å²) in [4.78, 5) is 11.9. The van der Waals surface area contributed by atoms with Gasteiger partial charge in [-0.1, -0.05) is 25.8 Å². The number of nitrogen functional groups attached to an aromatic ring is 1. The third-order valence-corrected chi connectivity index (χ3v) is 6.06. The lowest BCUT2D eigenvalue weighted by atomic mass is 9.99. The van der Waals surface area contributed by atoms with Gasteiger partial charge in [0, 0.05) is 60.3 Å². The van der Waals surface area contributed by atoms with Gasteiger partial charge in [0.25, 0.3) is 0 Å². The SMILES string of the molecule is C=C(C(=C)N1CCN(C(=C)c2ccccn2)C[C@H]1C)c1c[nH]c2c(C(=N)N)ccc(F)c12. The molecule has 0 amide bonds. The average Bonchev–Trinajstić information content (AvgIpc) is 3.24. The van der Waals surface area contributed by atoms with Crippen LogP contribution in [0.1, 0.15) is 23.7 Å². The van der Waals surface area contributed by atoms with Crippen molar-refractivity contribution in [2.45, 2.75) is 13.0 Å². The molecule has 7 heteroatoms. The largest absolute Gasteiger partial charge is 0.384 e. The first-order valence-corrected chi connectivity index (χ1v) is 10.4. The zero-order valence-electron chi connectivity index (χ0n) is 18.2. The number of amidine groups is 1. The Kier molecular flexibility index (Phi) is 5.57. The van der Waals surface area contributed by atoms with Crippen LogP contribution in [0.5, 0.6) is 0 Å². The van der Waals surface area contributed by atoms with Crippen LogP contribution in [0.15, 0.2) is 68.2 Å². The molecule has 0 saturated carbocycles. The summed E-state index contributed by atoms with van der Waals surface area (Å²) < 4.78 is 14.7. The van der Waals surface area contributed by atoms with Crippen molar-refractivity contribution in [3.05, 3.63) is 90.8 Å². The van der Waals surface area contributed by atoms with E-state index in [9.17, 15) is 4.39 Å². The molecule has 6 nitrogen and oxygen atoms in total. The number of pyridine rings is 1. The Morgan fingerprint density at radius 3 is 2.62 bits per heavy atom. The number of allylic oxidation sites excluding steroid dienone is 1. The van der Waals surface area contributed by atoms with Gasteiger partial charge in [0.05, 0.1) is 16.9 Å². The Morgan fingerprint density at radius 1 is 1.19 bits per heavy atom. The third kappa shape index (κ3) is 3.66. The molecule has 1 aliphatic heterocycles. The molecular formula is C25H27FN6. The number of nitrogens with zero attached hydrogens (tertiary/aromatic N) is 3. The monoisotopic (exact) mass is 430 g/mol. The molecule has 0 spiro atoms. The van der Waals surface area contributed by atoms with E-state index in [0.29, 0.717) is 27.6 Å². The van der Waals surface area contributed by atoms with Crippen molar-refractivity contribution in [3.63, 3.8) is 0 Å². The maximum Gasteiger partial charge on any atom is 0.133 e. The zero-order chi connectivity index (χ0) is 23.0. The maximum atomic E-state index is 14.7. The Hall–Kier alpha value is -3.87. The van der Waals surface area contributed by atoms with Gasteiger partial charge in [-0.05, 0) is 36.8 Å². The number of piperazine rings is 1. The van der Waals surface area contributed by atoms with Crippen molar-refractivity contribution in [2.24, 2.45) is 5.73 Å². The molecule has 1 atom stereocenters. The van der Waals surface area contributed by atoms with Gasteiger partial charge in [0.15, 0.2) is 0 Å². The normalized spacial score (nSPS) is 16.2. The van der Waals surface area contributed by atoms with E-state index in [1.165, 1.54) is 12.1 Å². The molecule has 4 N–H and O–H groups in total. The minimum absolute atomic E-state index is 0.120. The first kappa shape index (κ1) is 21.4. The van der Waals surface area contributed by atoms with E-state index in [-0.39, 0.29) is 17.7 Å². The highest BCUT2D eigenvalue weighted by atomic mass is 19.1. The highest BCUT2D eigenvalue weighted by Gasteiger charge is 2.28. The number of halogens is 1. The zero-order valence-corrected chi connectivity index (χ0v) is 18.2. The van der Waals surface area contributed by atoms with E-state index >= 15 is 0 Å². The van der Waals surface area contributed by atoms with Crippen molar-refractivity contribution in [3.8, 4) is 0 Å². The molecule has 0 bridgehead atoms. The Morgan fingerprint density at radius 2 is 1.97 bits per heavy atom. The summed E-state index contributed by atoms with van der Waals surface area (Å²) >= 11 is 0. The number of hydrogen-bond acceptors (Lipinski definition) is 4. The lowest BCUT2D eigenvalue weighted by molar-refractivity contribution is 0.159. The number of fused-ring (bicyclic) bond motifs is 1. The molecule has 0 aliphatic carbocycles. The van der Waals surface area contributed by atoms with Crippen molar-refractivity contribution in [1.82, 2.24) is 19.8 Å². The van der Waals surface area contributed by atoms with Crippen LogP contribution >= 0.6 is 0 Å². The van der Waals surface area contributed by atoms with Gasteiger partial charge in [-0.2, -0.15) is 0 Å². The first-order chi connectivity index (χ1) is 15.3. The second-order valence-electron chi connectivity index (χ2n) is 8.04. The fourth-order valence-corrected chi connectivity index (χ4v) is 4.30. The molecule has 1 saturated heterocycles. The van der Waals surface area contributed by atoms with Crippen LogP contribution in [0.3, 0.4) is 0 Å². The summed E-state index contributed by atoms with van der Waals surface area (Å²) in [6, 6.07) is 8.79. The molecule has 3 aromatic rings. The molecule has 1 aromatic carbocycles. The molecule has 32 heavy (non-hydrogen) atoms. The second-order valence-corrected chi connectivity index (χ2v) is 8.04. The summed E-state index contributed by atoms with van der Waals surface area (Å²) in [7, 11) is 0. The van der Waals surface area contributed by atoms with Gasteiger partial charge in [0.1, 0.15) is 11.7 Å². The molecule has 2 aromatic heterocycles. The molecule has 0 radical (unpaired) electrons. The van der Waals surface area contributed by atoms with Gasteiger partial charge in [-0.3, -0.25) is 10.4 Å². The number of benzene rings is 1. The van der Waals surface area contributed by atoms with Crippen molar-refractivity contribution in [1.29, 1.82) is 5.41 Å². The van der Waals surface area contributed by atoms with E-state index in [2.05, 4.69) is 46.4 Å². The van der Waals surface area contributed by atoms with E-state index in [1.807, 2.05) is 18.2 Å². The van der Waals surface area contributed by atoms with Crippen molar-refractivity contribution in [2.75, 3.05) is 19.6 Å². The minimum atomic E-state index is -0.389. The summed E-state index contributed by atoms with van der Waals surface area (Å²) in [5.41, 5.74) is 10.4. The predicted molar refractivity (Wildman–Crippen MR) is 128 cm³/mol. The first-order valence-electron chi connectivity index (χ1n) is 10.4. The number of nitrogens with one attached hydrogen (secondary N) is 2. The number of rotatable bonds is 6. The van der Waals surface area contributed by atoms with Gasteiger partial charge in [0.2, 0.25) is 0 Å². The average molecular weight is 431 g/mol. The van der Waals surface area contributed by atoms with E-state index < -0.39 is 0 Å². The minimum Gasteiger partial charge on any atom is -0.384 e. The topological polar surface area (TPSA) is 85.0 Å². The molecular weight excluding hydrogens is 403 g/mol. The smallest absolute Gasteiger partial charge is 0.133 e. The number of aromatic amines is 1. The molecule has 0 unspecified atom stereocenters. The van der Waals surface area contributed by atoms with Crippen LogP contribution in [0.25, 0.3) is 22.2 Å². The molecule has 3 heterocycles. The Bertz CT molecular complexity index is 1230. The van der Waals surface area contributed by atoms with Gasteiger partial charge >= 0.3 is 0 Å². The molecule has 1 fully saturated rings. The number of aromatic nitrogens is 2. The van der Waals surface area contributed by atoms with Crippen LogP contribution in [0.4, 0.5) is 4.39 Å². The Balaban J connectivity index is 1.54. The number of H-pyrrole nitrogens is 1. The standard InChI is InChI=1S/C25H27FN6/c1-15-14-31(18(4)22-7-5-6-10-29-22)11-12-32(15)17(3)16(2)20-13-30-24-19(25(27)28)8-9-21(26)23(20)24/h5-10,13,15,30H,2-4,11-12,14H2,1H3,(H3,27,28)/t15-/m1/s1. The van der Waals surface area contributed by atoms with Crippen LogP contribution in [0.2, 0.25) is 0 Å². The lowest BCUT2D eigenvalue weighted by Crippen LogP contribution is -2.50. The maximum absolute atomic E-state index is 14.7. The molecule has 4 rings (SSSR count). The van der Waals surface area contributed by atoms with Crippen LogP contribution < -0.4 is 5.73 Å². The predicted octanol–water partition coefficient (Wildman–Crippen LogP) is 4.19. The Labute approximate surface area is 187 Å². The summed E-state index contributed by atoms with van der Waals surface area (Å²) in [5, 5.41) is 8.14. The van der Waals surface area contributed by atoms with Gasteiger partial charge in [-0.25, -0.2) is 4.39 Å². The number of hydrogen-bond donors (Lipinski definition) is 3. The quantitative estimate of drug-likeness (QED) is 0.311. The fraction of sp³-hybridized carbons (Fsp3) is 0.200. The van der Waals surface area contributed by atoms with Crippen LogP contribution in [-0.4, -0.2) is 51.3 Å². The summed E-state index contributed by atoms with van der Waals surface area (Å²) in [6.45, 7) is 17.1. The van der Waals surface area contributed by atoms with E-state index in [4.69, 9.17) is 11.1 Å². The van der Waals surface area contributed by atoms with Crippen LogP contribution in [-0.2, 0) is 0 Å². The van der Waals surface area contributed by atoms with Crippen LogP contribution in [0, 0.1) is 11.2 Å². The fourth-order valence-electron chi connectivity index (χ4n) is 4.30. The molecule has 1 aliphatic rings. The number of nitrogens with two attached hydrogens (primary N) is 1. The third-order valence-electron chi connectivity index (χ3n) is 6.06.